The van der Waals surface area contributed by atoms with E-state index in [2.05, 4.69) is 46.4 Å². The van der Waals surface area contributed by atoms with Crippen LogP contribution < -0.4 is 14.8 Å². The molecule has 0 spiro atoms. The van der Waals surface area contributed by atoms with E-state index in [0.29, 0.717) is 25.0 Å². The normalized spacial score (nSPS) is 20.9. The molecule has 2 aromatic rings. The van der Waals surface area contributed by atoms with Crippen molar-refractivity contribution in [1.82, 2.24) is 15.1 Å². The molecule has 35 heavy (non-hydrogen) atoms. The summed E-state index contributed by atoms with van der Waals surface area (Å²) in [7, 11) is 5.43. The molecule has 6 heteroatoms. The van der Waals surface area contributed by atoms with Crippen LogP contribution in [0.2, 0.25) is 0 Å². The standard InChI is InChI=1S/C29H41N3O3/c1-31(20-22-10-5-4-6-11-22)21-26(30-19-24-15-16-25(34-2)18-28(24)35-3)29(33)32-17-9-13-23-12-7-8-14-27(23)32/h4-6,10-11,15-16,18,23,26-27,30H,7-9,12-14,17,19-21H2,1-3H3/t23-,26+,27-/m0/s1. The predicted molar refractivity (Wildman–Crippen MR) is 140 cm³/mol. The Morgan fingerprint density at radius 2 is 1.83 bits per heavy atom. The fourth-order valence-corrected chi connectivity index (χ4v) is 5.83. The Hall–Kier alpha value is -2.57. The lowest BCUT2D eigenvalue weighted by Crippen LogP contribution is -2.57. The second-order valence-electron chi connectivity index (χ2n) is 10.1. The van der Waals surface area contributed by atoms with Gasteiger partial charge in [-0.25, -0.2) is 0 Å². The average molecular weight is 480 g/mol. The van der Waals surface area contributed by atoms with Crippen molar-refractivity contribution in [3.8, 4) is 11.5 Å². The Morgan fingerprint density at radius 3 is 2.60 bits per heavy atom. The molecule has 1 saturated heterocycles. The largest absolute Gasteiger partial charge is 0.497 e. The number of ether oxygens (including phenoxy) is 2. The minimum Gasteiger partial charge on any atom is -0.497 e. The Morgan fingerprint density at radius 1 is 1.06 bits per heavy atom. The third-order valence-corrected chi connectivity index (χ3v) is 7.65. The molecular weight excluding hydrogens is 438 g/mol. The summed E-state index contributed by atoms with van der Waals surface area (Å²) in [5.74, 6) is 2.45. The fraction of sp³-hybridized carbons (Fsp3) is 0.552. The molecule has 0 aromatic heterocycles. The van der Waals surface area contributed by atoms with E-state index in [4.69, 9.17) is 9.47 Å². The SMILES string of the molecule is COc1ccc(CN[C@H](CN(C)Cc2ccccc2)C(=O)N2CCC[C@@H]3CCCC[C@@H]32)c(OC)c1. The fourth-order valence-electron chi connectivity index (χ4n) is 5.83. The monoisotopic (exact) mass is 479 g/mol. The number of piperidine rings is 1. The van der Waals surface area contributed by atoms with Crippen LogP contribution >= 0.6 is 0 Å². The third kappa shape index (κ3) is 6.56. The van der Waals surface area contributed by atoms with Crippen molar-refractivity contribution in [2.45, 2.75) is 63.7 Å². The van der Waals surface area contributed by atoms with Crippen LogP contribution in [0, 0.1) is 5.92 Å². The number of fused-ring (bicyclic) bond motifs is 1. The van der Waals surface area contributed by atoms with E-state index >= 15 is 0 Å². The van der Waals surface area contributed by atoms with Gasteiger partial charge in [0.2, 0.25) is 5.91 Å². The van der Waals surface area contributed by atoms with Gasteiger partial charge in [0.25, 0.3) is 0 Å². The van der Waals surface area contributed by atoms with Crippen molar-refractivity contribution < 1.29 is 14.3 Å². The van der Waals surface area contributed by atoms with Crippen molar-refractivity contribution in [2.75, 3.05) is 34.4 Å². The molecule has 3 atom stereocenters. The van der Waals surface area contributed by atoms with E-state index in [1.807, 2.05) is 24.3 Å². The first-order chi connectivity index (χ1) is 17.1. The summed E-state index contributed by atoms with van der Waals surface area (Å²) in [6, 6.07) is 16.4. The van der Waals surface area contributed by atoms with Gasteiger partial charge < -0.3 is 24.6 Å². The van der Waals surface area contributed by atoms with Crippen LogP contribution in [0.15, 0.2) is 48.5 Å². The van der Waals surface area contributed by atoms with Crippen LogP contribution in [0.1, 0.15) is 49.7 Å². The second-order valence-corrected chi connectivity index (χ2v) is 10.1. The maximum Gasteiger partial charge on any atom is 0.241 e. The van der Waals surface area contributed by atoms with Gasteiger partial charge in [-0.05, 0) is 50.3 Å². The highest BCUT2D eigenvalue weighted by Crippen LogP contribution is 2.35. The minimum atomic E-state index is -0.281. The maximum absolute atomic E-state index is 14.0. The van der Waals surface area contributed by atoms with Crippen molar-refractivity contribution >= 4 is 5.91 Å². The number of methoxy groups -OCH3 is 2. The summed E-state index contributed by atoms with van der Waals surface area (Å²) < 4.78 is 10.9. The minimum absolute atomic E-state index is 0.244. The molecule has 1 amide bonds. The molecule has 2 aromatic carbocycles. The Kier molecular flexibility index (Phi) is 9.05. The highest BCUT2D eigenvalue weighted by molar-refractivity contribution is 5.82. The second kappa shape index (κ2) is 12.4. The molecule has 1 aliphatic heterocycles. The van der Waals surface area contributed by atoms with Gasteiger partial charge in [-0.2, -0.15) is 0 Å². The molecule has 1 saturated carbocycles. The third-order valence-electron chi connectivity index (χ3n) is 7.65. The van der Waals surface area contributed by atoms with Crippen LogP contribution in [0.5, 0.6) is 11.5 Å². The van der Waals surface area contributed by atoms with Crippen LogP contribution in [0.25, 0.3) is 0 Å². The maximum atomic E-state index is 14.0. The number of hydrogen-bond acceptors (Lipinski definition) is 5. The van der Waals surface area contributed by atoms with E-state index in [1.165, 1.54) is 31.2 Å². The molecule has 0 radical (unpaired) electrons. The highest BCUT2D eigenvalue weighted by Gasteiger charge is 2.38. The molecule has 0 bridgehead atoms. The molecule has 1 N–H and O–H groups in total. The first kappa shape index (κ1) is 25.5. The molecule has 190 valence electrons. The molecule has 1 heterocycles. The summed E-state index contributed by atoms with van der Waals surface area (Å²) in [5, 5.41) is 3.60. The Bertz CT molecular complexity index is 949. The van der Waals surface area contributed by atoms with E-state index in [9.17, 15) is 4.79 Å². The molecule has 4 rings (SSSR count). The van der Waals surface area contributed by atoms with Crippen LogP contribution in [0.3, 0.4) is 0 Å². The topological polar surface area (TPSA) is 54.0 Å². The number of benzene rings is 2. The van der Waals surface area contributed by atoms with Crippen molar-refractivity contribution in [2.24, 2.45) is 5.92 Å². The van der Waals surface area contributed by atoms with Gasteiger partial charge in [0.15, 0.2) is 0 Å². The number of carbonyl (C=O) groups excluding carboxylic acids is 1. The molecule has 6 nitrogen and oxygen atoms in total. The average Bonchev–Trinajstić information content (AvgIpc) is 2.90. The van der Waals surface area contributed by atoms with Crippen molar-refractivity contribution in [3.05, 3.63) is 59.7 Å². The highest BCUT2D eigenvalue weighted by atomic mass is 16.5. The smallest absolute Gasteiger partial charge is 0.241 e. The van der Waals surface area contributed by atoms with Crippen molar-refractivity contribution in [1.29, 1.82) is 0 Å². The number of likely N-dealkylation sites (tertiary alicyclic amines) is 1. The van der Waals surface area contributed by atoms with E-state index < -0.39 is 0 Å². The predicted octanol–water partition coefficient (Wildman–Crippen LogP) is 4.48. The van der Waals surface area contributed by atoms with Crippen LogP contribution in [-0.2, 0) is 17.9 Å². The zero-order valence-corrected chi connectivity index (χ0v) is 21.5. The zero-order valence-electron chi connectivity index (χ0n) is 21.5. The molecule has 0 unspecified atom stereocenters. The summed E-state index contributed by atoms with van der Waals surface area (Å²) in [6.45, 7) is 2.90. The number of nitrogens with one attached hydrogen (secondary N) is 1. The van der Waals surface area contributed by atoms with Crippen molar-refractivity contribution in [3.63, 3.8) is 0 Å². The Labute approximate surface area is 210 Å². The van der Waals surface area contributed by atoms with E-state index in [1.54, 1.807) is 14.2 Å². The van der Waals surface area contributed by atoms with Gasteiger partial charge >= 0.3 is 0 Å². The number of nitrogens with zero attached hydrogens (tertiary/aromatic N) is 2. The summed E-state index contributed by atoms with van der Waals surface area (Å²) in [5.41, 5.74) is 2.27. The van der Waals surface area contributed by atoms with E-state index in [0.717, 1.165) is 43.0 Å². The van der Waals surface area contributed by atoms with Gasteiger partial charge in [-0.1, -0.05) is 49.2 Å². The van der Waals surface area contributed by atoms with E-state index in [-0.39, 0.29) is 11.9 Å². The zero-order chi connectivity index (χ0) is 24.6. The lowest BCUT2D eigenvalue weighted by Gasteiger charge is -2.45. The summed E-state index contributed by atoms with van der Waals surface area (Å²) in [6.07, 6.45) is 7.34. The van der Waals surface area contributed by atoms with Gasteiger partial charge in [-0.15, -0.1) is 0 Å². The molecule has 1 aliphatic carbocycles. The lowest BCUT2D eigenvalue weighted by atomic mass is 9.78. The first-order valence-electron chi connectivity index (χ1n) is 13.1. The van der Waals surface area contributed by atoms with Gasteiger partial charge in [0, 0.05) is 43.9 Å². The number of likely N-dealkylation sites (N-methyl/N-ethyl adjacent to an activating group) is 1. The van der Waals surface area contributed by atoms with Gasteiger partial charge in [-0.3, -0.25) is 4.79 Å². The van der Waals surface area contributed by atoms with Crippen LogP contribution in [-0.4, -0.2) is 62.1 Å². The molecule has 2 fully saturated rings. The van der Waals surface area contributed by atoms with Gasteiger partial charge in [0.1, 0.15) is 11.5 Å². The number of hydrogen-bond donors (Lipinski definition) is 1. The Balaban J connectivity index is 1.50. The number of rotatable bonds is 10. The summed E-state index contributed by atoms with van der Waals surface area (Å²) in [4.78, 5) is 18.5. The molecular formula is C29H41N3O3. The van der Waals surface area contributed by atoms with Gasteiger partial charge in [0.05, 0.1) is 20.3 Å². The number of carbonyl (C=O) groups is 1. The first-order valence-corrected chi connectivity index (χ1v) is 13.1. The lowest BCUT2D eigenvalue weighted by molar-refractivity contribution is -0.140. The quantitative estimate of drug-likeness (QED) is 0.545. The van der Waals surface area contributed by atoms with Crippen LogP contribution in [0.4, 0.5) is 0 Å². The number of amides is 1. The molecule has 2 aliphatic rings. The summed E-state index contributed by atoms with van der Waals surface area (Å²) >= 11 is 0.